The van der Waals surface area contributed by atoms with Crippen LogP contribution in [0.4, 0.5) is 0 Å². The molecule has 0 amide bonds. The average molecular weight is 618 g/mol. The first kappa shape index (κ1) is 28.8. The Balaban J connectivity index is 1.19. The summed E-state index contributed by atoms with van der Waals surface area (Å²) in [5.74, 6) is 0.401. The lowest BCUT2D eigenvalue weighted by Crippen LogP contribution is -2.07. The smallest absolute Gasteiger partial charge is 0.0617 e. The van der Waals surface area contributed by atoms with E-state index >= 15 is 0 Å². The van der Waals surface area contributed by atoms with E-state index in [4.69, 9.17) is 0 Å². The van der Waals surface area contributed by atoms with Gasteiger partial charge in [0.1, 0.15) is 0 Å². The van der Waals surface area contributed by atoms with Crippen molar-refractivity contribution >= 4 is 32.8 Å². The summed E-state index contributed by atoms with van der Waals surface area (Å²) in [7, 11) is 0. The number of aryl methyl sites for hydroxylation is 2. The average Bonchev–Trinajstić information content (AvgIpc) is 3.67. The Bertz CT molecular complexity index is 2470. The zero-order valence-corrected chi connectivity index (χ0v) is 27.7. The SMILES string of the molecule is CCC(Cc1cccc(-c2ccccc2)c1)c1ccccc1-c1c(C)cccc1C1=CCCc2c1n1c3ccccc3c3cccc2c31. The van der Waals surface area contributed by atoms with Crippen molar-refractivity contribution in [2.45, 2.75) is 45.4 Å². The van der Waals surface area contributed by atoms with Crippen molar-refractivity contribution in [1.29, 1.82) is 0 Å². The van der Waals surface area contributed by atoms with Gasteiger partial charge in [0.05, 0.1) is 16.7 Å². The van der Waals surface area contributed by atoms with Gasteiger partial charge in [-0.25, -0.2) is 0 Å². The predicted octanol–water partition coefficient (Wildman–Crippen LogP) is 12.4. The highest BCUT2D eigenvalue weighted by molar-refractivity contribution is 6.17. The molecule has 8 aromatic rings. The van der Waals surface area contributed by atoms with Crippen molar-refractivity contribution in [2.24, 2.45) is 0 Å². The van der Waals surface area contributed by atoms with Gasteiger partial charge in [-0.2, -0.15) is 0 Å². The van der Waals surface area contributed by atoms with Crippen LogP contribution in [-0.4, -0.2) is 4.40 Å². The largest absolute Gasteiger partial charge is 0.308 e. The van der Waals surface area contributed by atoms with Gasteiger partial charge in [-0.1, -0.05) is 146 Å². The summed E-state index contributed by atoms with van der Waals surface area (Å²) in [6.45, 7) is 4.64. The molecule has 48 heavy (non-hydrogen) atoms. The normalized spacial score (nSPS) is 13.7. The highest BCUT2D eigenvalue weighted by Gasteiger charge is 2.28. The molecule has 0 radical (unpaired) electrons. The third-order valence-corrected chi connectivity index (χ3v) is 10.8. The van der Waals surface area contributed by atoms with E-state index in [0.29, 0.717) is 5.92 Å². The molecule has 1 nitrogen and oxygen atoms in total. The van der Waals surface area contributed by atoms with E-state index in [0.717, 1.165) is 25.7 Å². The molecule has 0 N–H and O–H groups in total. The number of fused-ring (bicyclic) bond motifs is 6. The minimum atomic E-state index is 0.401. The molecule has 1 heteroatoms. The van der Waals surface area contributed by atoms with Crippen LogP contribution >= 0.6 is 0 Å². The molecule has 0 aliphatic heterocycles. The standard InChI is InChI=1S/C47H39N/c1-3-33(29-32-16-12-19-35(30-32)34-17-5-4-6-18-34)36-20-7-8-22-38(36)45-31(2)15-11-23-39(45)41-25-14-27-43-42-26-13-24-40-37-21-9-10-28-44(37)48(46(40)42)47(41)43/h4-13,15-26,28,30,33H,3,14,27,29H2,1-2H3. The Kier molecular flexibility index (Phi) is 7.01. The number of allylic oxidation sites excluding steroid dienone is 1. The maximum Gasteiger partial charge on any atom is 0.0617 e. The number of hydrogen-bond acceptors (Lipinski definition) is 0. The van der Waals surface area contributed by atoms with Crippen molar-refractivity contribution in [3.63, 3.8) is 0 Å². The molecule has 1 unspecified atom stereocenters. The van der Waals surface area contributed by atoms with Gasteiger partial charge in [0.25, 0.3) is 0 Å². The van der Waals surface area contributed by atoms with Crippen LogP contribution in [0.5, 0.6) is 0 Å². The van der Waals surface area contributed by atoms with Gasteiger partial charge >= 0.3 is 0 Å². The fourth-order valence-electron chi connectivity index (χ4n) is 8.59. The van der Waals surface area contributed by atoms with Crippen LogP contribution in [0.15, 0.2) is 146 Å². The molecular weight excluding hydrogens is 579 g/mol. The van der Waals surface area contributed by atoms with Gasteiger partial charge in [-0.05, 0) is 94.7 Å². The monoisotopic (exact) mass is 617 g/mol. The molecule has 2 heterocycles. The van der Waals surface area contributed by atoms with Crippen LogP contribution in [0.25, 0.3) is 55.0 Å². The molecule has 0 bridgehead atoms. The van der Waals surface area contributed by atoms with Crippen LogP contribution < -0.4 is 0 Å². The van der Waals surface area contributed by atoms with Crippen molar-refractivity contribution in [2.75, 3.05) is 0 Å². The molecule has 1 aliphatic carbocycles. The molecule has 1 aliphatic rings. The van der Waals surface area contributed by atoms with Crippen molar-refractivity contribution in [3.8, 4) is 22.3 Å². The Hall–Kier alpha value is -5.40. The number of para-hydroxylation sites is 2. The van der Waals surface area contributed by atoms with Gasteiger partial charge in [-0.15, -0.1) is 0 Å². The molecule has 0 fully saturated rings. The summed E-state index contributed by atoms with van der Waals surface area (Å²) in [4.78, 5) is 0. The van der Waals surface area contributed by atoms with Gasteiger partial charge in [-0.3, -0.25) is 0 Å². The van der Waals surface area contributed by atoms with Crippen molar-refractivity contribution in [3.05, 3.63) is 179 Å². The first-order valence-electron chi connectivity index (χ1n) is 17.5. The summed E-state index contributed by atoms with van der Waals surface area (Å²) in [6.07, 6.45) is 6.73. The van der Waals surface area contributed by atoms with E-state index in [1.807, 2.05) is 0 Å². The number of benzene rings is 6. The van der Waals surface area contributed by atoms with Crippen LogP contribution in [0, 0.1) is 6.92 Å². The second-order valence-corrected chi connectivity index (χ2v) is 13.5. The van der Waals surface area contributed by atoms with Crippen LogP contribution in [0.1, 0.15) is 59.2 Å². The highest BCUT2D eigenvalue weighted by atomic mass is 14.9. The Morgan fingerprint density at radius 1 is 0.646 bits per heavy atom. The predicted molar refractivity (Wildman–Crippen MR) is 204 cm³/mol. The summed E-state index contributed by atoms with van der Waals surface area (Å²) >= 11 is 0. The van der Waals surface area contributed by atoms with Crippen LogP contribution in [0.3, 0.4) is 0 Å². The van der Waals surface area contributed by atoms with Gasteiger partial charge < -0.3 is 4.40 Å². The van der Waals surface area contributed by atoms with Crippen LogP contribution in [-0.2, 0) is 12.8 Å². The molecule has 2 aromatic heterocycles. The molecule has 1 atom stereocenters. The van der Waals surface area contributed by atoms with Crippen molar-refractivity contribution in [1.82, 2.24) is 4.40 Å². The van der Waals surface area contributed by atoms with E-state index in [1.165, 1.54) is 88.5 Å². The lowest BCUT2D eigenvalue weighted by molar-refractivity contribution is 0.662. The quantitative estimate of drug-likeness (QED) is 0.168. The lowest BCUT2D eigenvalue weighted by atomic mass is 9.80. The Morgan fingerprint density at radius 3 is 2.25 bits per heavy atom. The van der Waals surface area contributed by atoms with E-state index in [-0.39, 0.29) is 0 Å². The topological polar surface area (TPSA) is 4.41 Å². The third-order valence-electron chi connectivity index (χ3n) is 10.8. The summed E-state index contributed by atoms with van der Waals surface area (Å²) < 4.78 is 2.58. The number of rotatable bonds is 7. The maximum atomic E-state index is 2.58. The fraction of sp³-hybridized carbons (Fsp3) is 0.149. The first-order chi connectivity index (χ1) is 23.7. The molecule has 6 aromatic carbocycles. The maximum absolute atomic E-state index is 2.58. The minimum absolute atomic E-state index is 0.401. The molecule has 9 rings (SSSR count). The summed E-state index contributed by atoms with van der Waals surface area (Å²) in [5.41, 5.74) is 17.7. The number of aromatic nitrogens is 1. The van der Waals surface area contributed by atoms with Gasteiger partial charge in [0.2, 0.25) is 0 Å². The van der Waals surface area contributed by atoms with Gasteiger partial charge in [0.15, 0.2) is 0 Å². The molecule has 232 valence electrons. The molecule has 0 saturated heterocycles. The van der Waals surface area contributed by atoms with Crippen molar-refractivity contribution < 1.29 is 0 Å². The van der Waals surface area contributed by atoms with Crippen LogP contribution in [0.2, 0.25) is 0 Å². The molecule has 0 saturated carbocycles. The van der Waals surface area contributed by atoms with Gasteiger partial charge in [0, 0.05) is 21.7 Å². The van der Waals surface area contributed by atoms with E-state index in [1.54, 1.807) is 0 Å². The molecular formula is C47H39N. The molecule has 0 spiro atoms. The zero-order valence-electron chi connectivity index (χ0n) is 27.7. The fourth-order valence-corrected chi connectivity index (χ4v) is 8.59. The summed E-state index contributed by atoms with van der Waals surface area (Å²) in [6, 6.07) is 51.9. The van der Waals surface area contributed by atoms with E-state index in [9.17, 15) is 0 Å². The summed E-state index contributed by atoms with van der Waals surface area (Å²) in [5, 5.41) is 4.10. The van der Waals surface area contributed by atoms with E-state index in [2.05, 4.69) is 164 Å². The first-order valence-corrected chi connectivity index (χ1v) is 17.5. The number of nitrogens with zero attached hydrogens (tertiary/aromatic N) is 1. The second-order valence-electron chi connectivity index (χ2n) is 13.5. The number of hydrogen-bond donors (Lipinski definition) is 0. The zero-order chi connectivity index (χ0) is 32.2. The lowest BCUT2D eigenvalue weighted by Gasteiger charge is -2.25. The minimum Gasteiger partial charge on any atom is -0.308 e. The second kappa shape index (κ2) is 11.7. The Labute approximate surface area is 283 Å². The third kappa shape index (κ3) is 4.53. The van der Waals surface area contributed by atoms with E-state index < -0.39 is 0 Å². The Morgan fingerprint density at radius 2 is 1.35 bits per heavy atom. The highest BCUT2D eigenvalue weighted by Crippen LogP contribution is 2.47.